The molecular weight excluding hydrogens is 308 g/mol. The topological polar surface area (TPSA) is 59.8 Å². The van der Waals surface area contributed by atoms with E-state index in [2.05, 4.69) is 39.1 Å². The van der Waals surface area contributed by atoms with Gasteiger partial charge in [0, 0.05) is 19.0 Å². The first-order chi connectivity index (χ1) is 11.2. The molecule has 23 heavy (non-hydrogen) atoms. The normalized spacial score (nSPS) is 15.4. The molecule has 5 nitrogen and oxygen atoms in total. The van der Waals surface area contributed by atoms with Crippen molar-refractivity contribution < 1.29 is 4.79 Å². The summed E-state index contributed by atoms with van der Waals surface area (Å²) in [4.78, 5) is 12.1. The van der Waals surface area contributed by atoms with Crippen molar-refractivity contribution in [1.29, 1.82) is 0 Å². The molecule has 122 valence electrons. The van der Waals surface area contributed by atoms with Crippen molar-refractivity contribution in [2.24, 2.45) is 0 Å². The monoisotopic (exact) mass is 330 g/mol. The standard InChI is InChI=1S/C17H22N4OS/c1-3-21-15(11-13-7-5-4-6-8-13)19-20-17(21)23-12(2)16(22)18-14-9-10-14/h4-8,12,14H,3,9-11H2,1-2H3,(H,18,22)/t12-/m0/s1. The molecule has 0 bridgehead atoms. The van der Waals surface area contributed by atoms with Crippen LogP contribution >= 0.6 is 11.8 Å². The molecule has 1 saturated carbocycles. The second-order valence-corrected chi connectivity index (χ2v) is 7.16. The smallest absolute Gasteiger partial charge is 0.233 e. The number of rotatable bonds is 7. The quantitative estimate of drug-likeness (QED) is 0.793. The summed E-state index contributed by atoms with van der Waals surface area (Å²) in [6, 6.07) is 10.6. The number of amides is 1. The van der Waals surface area contributed by atoms with E-state index in [1.807, 2.05) is 25.1 Å². The molecule has 1 atom stereocenters. The van der Waals surface area contributed by atoms with Gasteiger partial charge < -0.3 is 9.88 Å². The van der Waals surface area contributed by atoms with Crippen molar-refractivity contribution >= 4 is 17.7 Å². The van der Waals surface area contributed by atoms with Gasteiger partial charge in [-0.1, -0.05) is 42.1 Å². The molecule has 0 unspecified atom stereocenters. The van der Waals surface area contributed by atoms with Crippen LogP contribution < -0.4 is 5.32 Å². The highest BCUT2D eigenvalue weighted by molar-refractivity contribution is 8.00. The summed E-state index contributed by atoms with van der Waals surface area (Å²) in [6.45, 7) is 4.80. The van der Waals surface area contributed by atoms with Crippen LogP contribution in [0.4, 0.5) is 0 Å². The summed E-state index contributed by atoms with van der Waals surface area (Å²) in [7, 11) is 0. The Kier molecular flexibility index (Phi) is 5.00. The van der Waals surface area contributed by atoms with Crippen LogP contribution in [0.25, 0.3) is 0 Å². The lowest BCUT2D eigenvalue weighted by atomic mass is 10.1. The van der Waals surface area contributed by atoms with E-state index >= 15 is 0 Å². The van der Waals surface area contributed by atoms with Gasteiger partial charge in [0.2, 0.25) is 5.91 Å². The van der Waals surface area contributed by atoms with Gasteiger partial charge in [0.1, 0.15) is 5.82 Å². The molecule has 1 aromatic carbocycles. The predicted molar refractivity (Wildman–Crippen MR) is 91.4 cm³/mol. The van der Waals surface area contributed by atoms with Gasteiger partial charge in [-0.25, -0.2) is 0 Å². The average Bonchev–Trinajstić information content (AvgIpc) is 3.29. The van der Waals surface area contributed by atoms with Crippen LogP contribution in [0.3, 0.4) is 0 Å². The summed E-state index contributed by atoms with van der Waals surface area (Å²) in [5, 5.41) is 12.3. The Balaban J connectivity index is 1.68. The number of hydrogen-bond donors (Lipinski definition) is 1. The largest absolute Gasteiger partial charge is 0.352 e. The van der Waals surface area contributed by atoms with Crippen molar-refractivity contribution in [3.05, 3.63) is 41.7 Å². The minimum atomic E-state index is -0.158. The molecule has 0 spiro atoms. The first kappa shape index (κ1) is 16.1. The van der Waals surface area contributed by atoms with Crippen molar-refractivity contribution in [2.75, 3.05) is 0 Å². The Morgan fingerprint density at radius 2 is 2.09 bits per heavy atom. The number of benzene rings is 1. The zero-order valence-electron chi connectivity index (χ0n) is 13.5. The zero-order chi connectivity index (χ0) is 16.2. The third-order valence-electron chi connectivity index (χ3n) is 3.89. The van der Waals surface area contributed by atoms with E-state index in [0.29, 0.717) is 6.04 Å². The van der Waals surface area contributed by atoms with Crippen LogP contribution in [-0.2, 0) is 17.8 Å². The van der Waals surface area contributed by atoms with Crippen LogP contribution in [0.15, 0.2) is 35.5 Å². The molecule has 1 N–H and O–H groups in total. The van der Waals surface area contributed by atoms with E-state index in [-0.39, 0.29) is 11.2 Å². The van der Waals surface area contributed by atoms with Crippen molar-refractivity contribution in [3.63, 3.8) is 0 Å². The number of nitrogens with one attached hydrogen (secondary N) is 1. The van der Waals surface area contributed by atoms with Crippen LogP contribution in [0.1, 0.15) is 38.1 Å². The van der Waals surface area contributed by atoms with Gasteiger partial charge in [0.15, 0.2) is 5.16 Å². The fourth-order valence-electron chi connectivity index (χ4n) is 2.39. The van der Waals surface area contributed by atoms with E-state index in [1.54, 1.807) is 0 Å². The Morgan fingerprint density at radius 1 is 1.35 bits per heavy atom. The lowest BCUT2D eigenvalue weighted by Crippen LogP contribution is -2.32. The van der Waals surface area contributed by atoms with Crippen molar-refractivity contribution in [2.45, 2.75) is 56.1 Å². The van der Waals surface area contributed by atoms with Gasteiger partial charge in [-0.3, -0.25) is 4.79 Å². The lowest BCUT2D eigenvalue weighted by Gasteiger charge is -2.12. The van der Waals surface area contributed by atoms with Crippen LogP contribution in [0.5, 0.6) is 0 Å². The maximum absolute atomic E-state index is 12.1. The summed E-state index contributed by atoms with van der Waals surface area (Å²) in [6.07, 6.45) is 2.97. The first-order valence-corrected chi connectivity index (χ1v) is 8.98. The number of hydrogen-bond acceptors (Lipinski definition) is 4. The molecule has 1 aliphatic carbocycles. The molecule has 6 heteroatoms. The Morgan fingerprint density at radius 3 is 2.74 bits per heavy atom. The van der Waals surface area contributed by atoms with Gasteiger partial charge in [0.05, 0.1) is 5.25 Å². The van der Waals surface area contributed by atoms with Gasteiger partial charge >= 0.3 is 0 Å². The average molecular weight is 330 g/mol. The maximum atomic E-state index is 12.1. The van der Waals surface area contributed by atoms with Gasteiger partial charge in [0.25, 0.3) is 0 Å². The number of nitrogens with zero attached hydrogens (tertiary/aromatic N) is 3. The number of aromatic nitrogens is 3. The third-order valence-corrected chi connectivity index (χ3v) is 4.97. The summed E-state index contributed by atoms with van der Waals surface area (Å²) in [5.74, 6) is 1.03. The minimum Gasteiger partial charge on any atom is -0.352 e. The second kappa shape index (κ2) is 7.17. The van der Waals surface area contributed by atoms with Crippen molar-refractivity contribution in [3.8, 4) is 0 Å². The van der Waals surface area contributed by atoms with E-state index in [0.717, 1.165) is 36.8 Å². The van der Waals surface area contributed by atoms with Crippen LogP contribution in [0.2, 0.25) is 0 Å². The molecule has 0 aliphatic heterocycles. The summed E-state index contributed by atoms with van der Waals surface area (Å²) < 4.78 is 2.10. The highest BCUT2D eigenvalue weighted by atomic mass is 32.2. The lowest BCUT2D eigenvalue weighted by molar-refractivity contribution is -0.120. The van der Waals surface area contributed by atoms with E-state index < -0.39 is 0 Å². The molecule has 1 heterocycles. The summed E-state index contributed by atoms with van der Waals surface area (Å²) in [5.41, 5.74) is 1.21. The third kappa shape index (κ3) is 4.13. The summed E-state index contributed by atoms with van der Waals surface area (Å²) >= 11 is 1.48. The minimum absolute atomic E-state index is 0.0905. The molecule has 2 aromatic rings. The van der Waals surface area contributed by atoms with Gasteiger partial charge in [-0.15, -0.1) is 10.2 Å². The molecule has 0 radical (unpaired) electrons. The molecule has 1 amide bonds. The van der Waals surface area contributed by atoms with Crippen molar-refractivity contribution in [1.82, 2.24) is 20.1 Å². The molecule has 1 fully saturated rings. The fourth-order valence-corrected chi connectivity index (χ4v) is 3.33. The van der Waals surface area contributed by atoms with E-state index in [4.69, 9.17) is 0 Å². The van der Waals surface area contributed by atoms with Gasteiger partial charge in [-0.2, -0.15) is 0 Å². The number of carbonyl (C=O) groups excluding carboxylic acids is 1. The highest BCUT2D eigenvalue weighted by Crippen LogP contribution is 2.25. The molecule has 1 aliphatic rings. The zero-order valence-corrected chi connectivity index (χ0v) is 14.3. The number of carbonyl (C=O) groups is 1. The Hall–Kier alpha value is -1.82. The second-order valence-electron chi connectivity index (χ2n) is 5.85. The Bertz CT molecular complexity index is 666. The maximum Gasteiger partial charge on any atom is 0.233 e. The van der Waals surface area contributed by atoms with Crippen LogP contribution in [0, 0.1) is 0 Å². The van der Waals surface area contributed by atoms with Crippen LogP contribution in [-0.4, -0.2) is 32.0 Å². The fraction of sp³-hybridized carbons (Fsp3) is 0.471. The van der Waals surface area contributed by atoms with E-state index in [9.17, 15) is 4.79 Å². The van der Waals surface area contributed by atoms with E-state index in [1.165, 1.54) is 17.3 Å². The highest BCUT2D eigenvalue weighted by Gasteiger charge is 2.27. The number of thioether (sulfide) groups is 1. The molecule has 0 saturated heterocycles. The molecule has 1 aromatic heterocycles. The predicted octanol–water partition coefficient (Wildman–Crippen LogP) is 2.65. The molecular formula is C17H22N4OS. The Labute approximate surface area is 140 Å². The van der Waals surface area contributed by atoms with Gasteiger partial charge in [-0.05, 0) is 32.3 Å². The molecule has 3 rings (SSSR count). The SMILES string of the molecule is CCn1c(Cc2ccccc2)nnc1S[C@@H](C)C(=O)NC1CC1. The first-order valence-electron chi connectivity index (χ1n) is 8.10.